The highest BCUT2D eigenvalue weighted by molar-refractivity contribution is 5.87. The van der Waals surface area contributed by atoms with E-state index in [0.717, 1.165) is 28.6 Å². The molecule has 0 fully saturated rings. The molecule has 0 aliphatic rings. The number of aromatic nitrogens is 1. The van der Waals surface area contributed by atoms with E-state index in [1.54, 1.807) is 0 Å². The molecule has 3 rings (SSSR count). The van der Waals surface area contributed by atoms with Crippen LogP contribution in [-0.2, 0) is 19.6 Å². The van der Waals surface area contributed by atoms with Crippen molar-refractivity contribution in [3.8, 4) is 11.6 Å². The number of para-hydroxylation sites is 1. The maximum atomic E-state index is 12.9. The summed E-state index contributed by atoms with van der Waals surface area (Å²) in [5.41, 5.74) is 7.05. The van der Waals surface area contributed by atoms with E-state index in [0.29, 0.717) is 12.3 Å². The van der Waals surface area contributed by atoms with Crippen molar-refractivity contribution in [1.29, 1.82) is 0 Å². The fourth-order valence-electron chi connectivity index (χ4n) is 2.95. The highest BCUT2D eigenvalue weighted by Crippen LogP contribution is 2.37. The molecule has 0 aliphatic carbocycles. The van der Waals surface area contributed by atoms with Crippen LogP contribution in [0.5, 0.6) is 11.6 Å². The highest BCUT2D eigenvalue weighted by Gasteiger charge is 2.31. The molecule has 2 N–H and O–H groups in total. The van der Waals surface area contributed by atoms with Crippen molar-refractivity contribution < 1.29 is 17.9 Å². The lowest BCUT2D eigenvalue weighted by Gasteiger charge is -2.13. The molecule has 3 nitrogen and oxygen atoms in total. The maximum absolute atomic E-state index is 12.9. The predicted molar refractivity (Wildman–Crippen MR) is 91.8 cm³/mol. The first-order valence-electron chi connectivity index (χ1n) is 7.94. The van der Waals surface area contributed by atoms with Gasteiger partial charge in [0.25, 0.3) is 0 Å². The van der Waals surface area contributed by atoms with E-state index in [4.69, 9.17) is 10.5 Å². The van der Waals surface area contributed by atoms with Gasteiger partial charge in [0, 0.05) is 24.0 Å². The largest absolute Gasteiger partial charge is 0.441 e. The van der Waals surface area contributed by atoms with Crippen LogP contribution in [0, 0.1) is 0 Å². The van der Waals surface area contributed by atoms with Gasteiger partial charge in [0.1, 0.15) is 5.75 Å². The summed E-state index contributed by atoms with van der Waals surface area (Å²) >= 11 is 0. The molecule has 0 bridgehead atoms. The van der Waals surface area contributed by atoms with Crippen LogP contribution >= 0.6 is 0 Å². The third-order valence-electron chi connectivity index (χ3n) is 4.06. The van der Waals surface area contributed by atoms with Gasteiger partial charge in [0.05, 0.1) is 11.1 Å². The van der Waals surface area contributed by atoms with Crippen molar-refractivity contribution in [2.45, 2.75) is 25.6 Å². The van der Waals surface area contributed by atoms with Crippen molar-refractivity contribution in [3.05, 3.63) is 59.7 Å². The first-order valence-corrected chi connectivity index (χ1v) is 7.94. The zero-order valence-electron chi connectivity index (χ0n) is 14.0. The SMILES string of the molecule is CC(N)Cc1c(Oc2cccc(C(F)(F)F)c2)n(C)c2ccccc12. The Morgan fingerprint density at radius 2 is 1.84 bits per heavy atom. The van der Waals surface area contributed by atoms with Crippen LogP contribution in [0.4, 0.5) is 13.2 Å². The number of aryl methyl sites for hydroxylation is 1. The minimum absolute atomic E-state index is 0.102. The summed E-state index contributed by atoms with van der Waals surface area (Å²) in [5.74, 6) is 0.657. The molecular formula is C19H19F3N2O. The molecule has 1 atom stereocenters. The lowest BCUT2D eigenvalue weighted by Crippen LogP contribution is -2.18. The molecule has 0 saturated carbocycles. The summed E-state index contributed by atoms with van der Waals surface area (Å²) in [4.78, 5) is 0. The van der Waals surface area contributed by atoms with Crippen LogP contribution < -0.4 is 10.5 Å². The Morgan fingerprint density at radius 1 is 1.12 bits per heavy atom. The molecule has 0 amide bonds. The molecule has 0 aliphatic heterocycles. The van der Waals surface area contributed by atoms with E-state index in [1.807, 2.05) is 42.8 Å². The molecular weight excluding hydrogens is 329 g/mol. The van der Waals surface area contributed by atoms with Gasteiger partial charge in [-0.15, -0.1) is 0 Å². The lowest BCUT2D eigenvalue weighted by molar-refractivity contribution is -0.137. The molecule has 1 unspecified atom stereocenters. The van der Waals surface area contributed by atoms with E-state index < -0.39 is 11.7 Å². The van der Waals surface area contributed by atoms with Crippen molar-refractivity contribution in [1.82, 2.24) is 4.57 Å². The van der Waals surface area contributed by atoms with Gasteiger partial charge < -0.3 is 15.0 Å². The van der Waals surface area contributed by atoms with E-state index in [9.17, 15) is 13.2 Å². The molecule has 1 aromatic heterocycles. The monoisotopic (exact) mass is 348 g/mol. The summed E-state index contributed by atoms with van der Waals surface area (Å²) in [5, 5.41) is 0.990. The molecule has 0 saturated heterocycles. The average Bonchev–Trinajstić information content (AvgIpc) is 2.80. The smallest absolute Gasteiger partial charge is 0.416 e. The van der Waals surface area contributed by atoms with Crippen molar-refractivity contribution in [2.24, 2.45) is 12.8 Å². The van der Waals surface area contributed by atoms with Gasteiger partial charge in [0.2, 0.25) is 5.88 Å². The fraction of sp³-hybridized carbons (Fsp3) is 0.263. The number of hydrogen-bond acceptors (Lipinski definition) is 2. The molecule has 3 aromatic rings. The van der Waals surface area contributed by atoms with E-state index >= 15 is 0 Å². The number of nitrogens with two attached hydrogens (primary N) is 1. The molecule has 6 heteroatoms. The Hall–Kier alpha value is -2.47. The summed E-state index contributed by atoms with van der Waals surface area (Å²) < 4.78 is 46.5. The minimum atomic E-state index is -4.41. The first kappa shape index (κ1) is 17.4. The number of nitrogens with zero attached hydrogens (tertiary/aromatic N) is 1. The number of ether oxygens (including phenoxy) is 1. The van der Waals surface area contributed by atoms with E-state index in [2.05, 4.69) is 0 Å². The molecule has 132 valence electrons. The molecule has 25 heavy (non-hydrogen) atoms. The molecule has 0 radical (unpaired) electrons. The Kier molecular flexibility index (Phi) is 4.47. The maximum Gasteiger partial charge on any atom is 0.416 e. The van der Waals surface area contributed by atoms with Crippen LogP contribution in [0.25, 0.3) is 10.9 Å². The Balaban J connectivity index is 2.08. The van der Waals surface area contributed by atoms with E-state index in [1.165, 1.54) is 12.1 Å². The second-order valence-corrected chi connectivity index (χ2v) is 6.17. The van der Waals surface area contributed by atoms with Gasteiger partial charge in [-0.25, -0.2) is 0 Å². The van der Waals surface area contributed by atoms with Gasteiger partial charge in [-0.1, -0.05) is 24.3 Å². The van der Waals surface area contributed by atoms with Crippen LogP contribution in [0.15, 0.2) is 48.5 Å². The average molecular weight is 348 g/mol. The molecule has 1 heterocycles. The summed E-state index contributed by atoms with van der Waals surface area (Å²) in [6.07, 6.45) is -3.84. The minimum Gasteiger partial charge on any atom is -0.441 e. The number of hydrogen-bond donors (Lipinski definition) is 1. The Bertz CT molecular complexity index is 897. The zero-order valence-corrected chi connectivity index (χ0v) is 14.0. The number of fused-ring (bicyclic) bond motifs is 1. The predicted octanol–water partition coefficient (Wildman–Crippen LogP) is 4.88. The normalized spacial score (nSPS) is 13.2. The standard InChI is InChI=1S/C19H19F3N2O/c1-12(23)10-16-15-8-3-4-9-17(15)24(2)18(16)25-14-7-5-6-13(11-14)19(20,21)22/h3-9,11-12H,10,23H2,1-2H3. The fourth-order valence-corrected chi connectivity index (χ4v) is 2.95. The van der Waals surface area contributed by atoms with Crippen LogP contribution in [0.3, 0.4) is 0 Å². The number of benzene rings is 2. The van der Waals surface area contributed by atoms with Crippen molar-refractivity contribution in [2.75, 3.05) is 0 Å². The number of rotatable bonds is 4. The highest BCUT2D eigenvalue weighted by atomic mass is 19.4. The lowest BCUT2D eigenvalue weighted by atomic mass is 10.1. The second-order valence-electron chi connectivity index (χ2n) is 6.17. The van der Waals surface area contributed by atoms with Crippen molar-refractivity contribution in [3.63, 3.8) is 0 Å². The van der Waals surface area contributed by atoms with Gasteiger partial charge in [-0.05, 0) is 37.6 Å². The third-order valence-corrected chi connectivity index (χ3v) is 4.06. The van der Waals surface area contributed by atoms with Gasteiger partial charge in [0.15, 0.2) is 0 Å². The van der Waals surface area contributed by atoms with Crippen LogP contribution in [0.1, 0.15) is 18.1 Å². The van der Waals surface area contributed by atoms with Gasteiger partial charge in [-0.3, -0.25) is 0 Å². The van der Waals surface area contributed by atoms with Crippen LogP contribution in [0.2, 0.25) is 0 Å². The number of halogens is 3. The van der Waals surface area contributed by atoms with Crippen molar-refractivity contribution >= 4 is 10.9 Å². The quantitative estimate of drug-likeness (QED) is 0.730. The third kappa shape index (κ3) is 3.49. The second kappa shape index (κ2) is 6.44. The Labute approximate surface area is 143 Å². The summed E-state index contributed by atoms with van der Waals surface area (Å²) in [7, 11) is 1.83. The molecule has 0 spiro atoms. The van der Waals surface area contributed by atoms with E-state index in [-0.39, 0.29) is 11.8 Å². The topological polar surface area (TPSA) is 40.2 Å². The first-order chi connectivity index (χ1) is 11.8. The summed E-state index contributed by atoms with van der Waals surface area (Å²) in [6, 6.07) is 12.5. The zero-order chi connectivity index (χ0) is 18.2. The van der Waals surface area contributed by atoms with Gasteiger partial charge in [-0.2, -0.15) is 13.2 Å². The molecule has 2 aromatic carbocycles. The van der Waals surface area contributed by atoms with Gasteiger partial charge >= 0.3 is 6.18 Å². The van der Waals surface area contributed by atoms with Crippen LogP contribution in [-0.4, -0.2) is 10.6 Å². The summed E-state index contributed by atoms with van der Waals surface area (Å²) in [6.45, 7) is 1.88. The number of alkyl halides is 3. The Morgan fingerprint density at radius 3 is 2.52 bits per heavy atom.